The fourth-order valence-electron chi connectivity index (χ4n) is 4.59. The number of benzene rings is 1. The van der Waals surface area contributed by atoms with E-state index < -0.39 is 5.60 Å². The quantitative estimate of drug-likeness (QED) is 0.585. The molecule has 31 heavy (non-hydrogen) atoms. The Bertz CT molecular complexity index is 874. The number of carbonyl (C=O) groups is 1. The number of amides is 1. The van der Waals surface area contributed by atoms with E-state index in [-0.39, 0.29) is 18.2 Å². The Hall–Kier alpha value is -2.40. The third-order valence-corrected chi connectivity index (χ3v) is 6.28. The summed E-state index contributed by atoms with van der Waals surface area (Å²) in [5.41, 5.74) is 1.94. The molecule has 166 valence electrons. The third-order valence-electron chi connectivity index (χ3n) is 6.28. The number of hydrogen-bond donors (Lipinski definition) is 0. The standard InChI is InChI=1S/C26H35N3O2/c1-26(2,3)31-25(30)29(21-13-9-14-21)24-22(15-10-17-27-24)23-16-7-8-18-28(23)19-20-11-5-4-6-12-20/h4-6,10-12,15,17,21,23H,7-9,13-14,16,18-19H2,1-3H3/t23-/m0/s1. The highest BCUT2D eigenvalue weighted by molar-refractivity contribution is 5.88. The molecule has 1 atom stereocenters. The second-order valence-electron chi connectivity index (χ2n) is 9.82. The molecule has 1 aromatic carbocycles. The minimum Gasteiger partial charge on any atom is -0.443 e. The highest BCUT2D eigenvalue weighted by Gasteiger charge is 2.37. The summed E-state index contributed by atoms with van der Waals surface area (Å²) in [7, 11) is 0. The molecule has 4 rings (SSSR count). The number of nitrogens with zero attached hydrogens (tertiary/aromatic N) is 3. The van der Waals surface area contributed by atoms with Crippen molar-refractivity contribution in [3.63, 3.8) is 0 Å². The van der Waals surface area contributed by atoms with Gasteiger partial charge in [-0.1, -0.05) is 42.8 Å². The van der Waals surface area contributed by atoms with Crippen LogP contribution in [-0.4, -0.2) is 34.2 Å². The van der Waals surface area contributed by atoms with Crippen molar-refractivity contribution < 1.29 is 9.53 Å². The first-order valence-corrected chi connectivity index (χ1v) is 11.7. The van der Waals surface area contributed by atoms with E-state index in [0.717, 1.165) is 50.2 Å². The Morgan fingerprint density at radius 3 is 2.52 bits per heavy atom. The van der Waals surface area contributed by atoms with Crippen molar-refractivity contribution in [3.05, 3.63) is 59.8 Å². The lowest BCUT2D eigenvalue weighted by molar-refractivity contribution is 0.0546. The maximum Gasteiger partial charge on any atom is 0.416 e. The molecule has 0 radical (unpaired) electrons. The van der Waals surface area contributed by atoms with Crippen LogP contribution >= 0.6 is 0 Å². The van der Waals surface area contributed by atoms with E-state index in [1.807, 2.05) is 31.7 Å². The van der Waals surface area contributed by atoms with Crippen molar-refractivity contribution in [2.75, 3.05) is 11.4 Å². The number of hydrogen-bond acceptors (Lipinski definition) is 4. The van der Waals surface area contributed by atoms with Crippen LogP contribution in [0.5, 0.6) is 0 Å². The van der Waals surface area contributed by atoms with E-state index in [9.17, 15) is 4.79 Å². The van der Waals surface area contributed by atoms with Gasteiger partial charge in [0.05, 0.1) is 0 Å². The molecule has 1 aliphatic carbocycles. The first-order chi connectivity index (χ1) is 14.9. The van der Waals surface area contributed by atoms with Crippen LogP contribution in [0, 0.1) is 0 Å². The van der Waals surface area contributed by atoms with E-state index in [0.29, 0.717) is 0 Å². The minimum atomic E-state index is -0.530. The van der Waals surface area contributed by atoms with E-state index in [1.54, 1.807) is 6.20 Å². The van der Waals surface area contributed by atoms with Gasteiger partial charge in [0, 0.05) is 30.4 Å². The van der Waals surface area contributed by atoms with E-state index in [2.05, 4.69) is 41.3 Å². The molecule has 1 aliphatic heterocycles. The van der Waals surface area contributed by atoms with Crippen LogP contribution in [-0.2, 0) is 11.3 Å². The maximum atomic E-state index is 13.3. The predicted octanol–water partition coefficient (Wildman–Crippen LogP) is 6.10. The lowest BCUT2D eigenvalue weighted by Gasteiger charge is -2.41. The molecular weight excluding hydrogens is 386 g/mol. The number of ether oxygens (including phenoxy) is 1. The van der Waals surface area contributed by atoms with Gasteiger partial charge in [-0.15, -0.1) is 0 Å². The SMILES string of the molecule is CC(C)(C)OC(=O)N(c1ncccc1[C@@H]1CCCCN1Cc1ccccc1)C1CCC1. The molecule has 2 heterocycles. The molecule has 1 saturated heterocycles. The predicted molar refractivity (Wildman–Crippen MR) is 124 cm³/mol. The lowest BCUT2D eigenvalue weighted by Crippen LogP contribution is -2.48. The van der Waals surface area contributed by atoms with Crippen molar-refractivity contribution in [3.8, 4) is 0 Å². The van der Waals surface area contributed by atoms with Gasteiger partial charge in [-0.05, 0) is 71.0 Å². The zero-order valence-electron chi connectivity index (χ0n) is 19.1. The van der Waals surface area contributed by atoms with Gasteiger partial charge in [0.2, 0.25) is 0 Å². The first kappa shape index (κ1) is 21.8. The molecule has 2 aromatic rings. The van der Waals surface area contributed by atoms with Gasteiger partial charge >= 0.3 is 6.09 Å². The number of aromatic nitrogens is 1. The monoisotopic (exact) mass is 421 g/mol. The molecule has 5 heteroatoms. The number of anilines is 1. The summed E-state index contributed by atoms with van der Waals surface area (Å²) in [6, 6.07) is 15.2. The number of piperidine rings is 1. The summed E-state index contributed by atoms with van der Waals surface area (Å²) in [4.78, 5) is 22.4. The molecule has 2 fully saturated rings. The molecular formula is C26H35N3O2. The molecule has 2 aliphatic rings. The summed E-state index contributed by atoms with van der Waals surface area (Å²) >= 11 is 0. The Morgan fingerprint density at radius 2 is 1.84 bits per heavy atom. The topological polar surface area (TPSA) is 45.7 Å². The normalized spacial score (nSPS) is 20.2. The van der Waals surface area contributed by atoms with Crippen molar-refractivity contribution in [2.24, 2.45) is 0 Å². The smallest absolute Gasteiger partial charge is 0.416 e. The zero-order valence-corrected chi connectivity index (χ0v) is 19.1. The van der Waals surface area contributed by atoms with Crippen molar-refractivity contribution >= 4 is 11.9 Å². The summed E-state index contributed by atoms with van der Waals surface area (Å²) < 4.78 is 5.81. The average molecular weight is 422 g/mol. The number of likely N-dealkylation sites (tertiary alicyclic amines) is 1. The van der Waals surface area contributed by atoms with Crippen LogP contribution < -0.4 is 4.90 Å². The van der Waals surface area contributed by atoms with Gasteiger partial charge in [0.15, 0.2) is 0 Å². The molecule has 1 saturated carbocycles. The molecule has 0 bridgehead atoms. The lowest BCUT2D eigenvalue weighted by atomic mass is 9.90. The molecule has 0 unspecified atom stereocenters. The van der Waals surface area contributed by atoms with Crippen molar-refractivity contribution in [2.45, 2.75) is 83.5 Å². The number of carbonyl (C=O) groups excluding carboxylic acids is 1. The highest BCUT2D eigenvalue weighted by Crippen LogP contribution is 2.39. The summed E-state index contributed by atoms with van der Waals surface area (Å²) in [5.74, 6) is 0.784. The Morgan fingerprint density at radius 1 is 1.06 bits per heavy atom. The van der Waals surface area contributed by atoms with Crippen LogP contribution in [0.15, 0.2) is 48.7 Å². The molecule has 0 N–H and O–H groups in total. The van der Waals surface area contributed by atoms with Gasteiger partial charge < -0.3 is 4.74 Å². The van der Waals surface area contributed by atoms with Crippen LogP contribution in [0.3, 0.4) is 0 Å². The fraction of sp³-hybridized carbons (Fsp3) is 0.538. The molecule has 1 aromatic heterocycles. The Labute approximate surface area is 186 Å². The van der Waals surface area contributed by atoms with Gasteiger partial charge in [0.25, 0.3) is 0 Å². The van der Waals surface area contributed by atoms with Gasteiger partial charge in [-0.25, -0.2) is 9.78 Å². The molecule has 5 nitrogen and oxygen atoms in total. The summed E-state index contributed by atoms with van der Waals surface area (Å²) in [6.45, 7) is 7.74. The number of rotatable bonds is 5. The molecule has 1 amide bonds. The van der Waals surface area contributed by atoms with Crippen molar-refractivity contribution in [1.82, 2.24) is 9.88 Å². The summed E-state index contributed by atoms with van der Waals surface area (Å²) in [6.07, 6.45) is 8.18. The van der Waals surface area contributed by atoms with Crippen LogP contribution in [0.2, 0.25) is 0 Å². The maximum absolute atomic E-state index is 13.3. The highest BCUT2D eigenvalue weighted by atomic mass is 16.6. The third kappa shape index (κ3) is 5.27. The van der Waals surface area contributed by atoms with Crippen molar-refractivity contribution in [1.29, 1.82) is 0 Å². The van der Waals surface area contributed by atoms with Gasteiger partial charge in [-0.3, -0.25) is 9.80 Å². The second-order valence-corrected chi connectivity index (χ2v) is 9.82. The van der Waals surface area contributed by atoms with Crippen LogP contribution in [0.4, 0.5) is 10.6 Å². The Balaban J connectivity index is 1.66. The van der Waals surface area contributed by atoms with Crippen LogP contribution in [0.25, 0.3) is 0 Å². The number of pyridine rings is 1. The van der Waals surface area contributed by atoms with Gasteiger partial charge in [0.1, 0.15) is 11.4 Å². The van der Waals surface area contributed by atoms with E-state index >= 15 is 0 Å². The summed E-state index contributed by atoms with van der Waals surface area (Å²) in [5, 5.41) is 0. The van der Waals surface area contributed by atoms with E-state index in [4.69, 9.17) is 9.72 Å². The fourth-order valence-corrected chi connectivity index (χ4v) is 4.59. The van der Waals surface area contributed by atoms with Gasteiger partial charge in [-0.2, -0.15) is 0 Å². The largest absolute Gasteiger partial charge is 0.443 e. The second kappa shape index (κ2) is 9.39. The average Bonchev–Trinajstić information content (AvgIpc) is 2.70. The minimum absolute atomic E-state index is 0.176. The zero-order chi connectivity index (χ0) is 21.8. The Kier molecular flexibility index (Phi) is 6.61. The first-order valence-electron chi connectivity index (χ1n) is 11.7. The van der Waals surface area contributed by atoms with E-state index in [1.165, 1.54) is 18.4 Å². The van der Waals surface area contributed by atoms with Crippen LogP contribution in [0.1, 0.15) is 76.5 Å². The molecule has 0 spiro atoms.